The Morgan fingerprint density at radius 3 is 1.30 bits per heavy atom. The van der Waals surface area contributed by atoms with Gasteiger partial charge in [-0.1, -0.05) is 206 Å². The van der Waals surface area contributed by atoms with Crippen molar-refractivity contribution in [2.45, 2.75) is 473 Å². The van der Waals surface area contributed by atoms with Gasteiger partial charge in [0.15, 0.2) is 5.78 Å². The summed E-state index contributed by atoms with van der Waals surface area (Å²) in [5.74, 6) is 4.94. The normalized spacial score (nSPS) is 54.1. The summed E-state index contributed by atoms with van der Waals surface area (Å²) in [4.78, 5) is 90.5. The van der Waals surface area contributed by atoms with E-state index in [1.807, 2.05) is 19.9 Å². The number of ketones is 4. The number of aldehydes is 1. The molecule has 760 valence electrons. The summed E-state index contributed by atoms with van der Waals surface area (Å²) in [5.41, 5.74) is -1.54. The van der Waals surface area contributed by atoms with Gasteiger partial charge in [-0.05, 0) is 387 Å². The number of fused-ring (bicyclic) bond motifs is 28. The topological polar surface area (TPSA) is 259 Å². The van der Waals surface area contributed by atoms with Crippen LogP contribution in [0, 0.1) is 208 Å². The van der Waals surface area contributed by atoms with Crippen LogP contribution in [-0.2, 0) is 43.0 Å². The Morgan fingerprint density at radius 1 is 0.363 bits per heavy atom. The summed E-state index contributed by atoms with van der Waals surface area (Å²) >= 11 is 0. The highest BCUT2D eigenvalue weighted by Gasteiger charge is 2.79. The van der Waals surface area contributed by atoms with E-state index in [9.17, 15) is 64.2 Å². The van der Waals surface area contributed by atoms with Crippen molar-refractivity contribution >= 4 is 42.4 Å². The van der Waals surface area contributed by atoms with Crippen LogP contribution in [0.5, 0.6) is 0 Å². The van der Waals surface area contributed by atoms with Gasteiger partial charge in [-0.2, -0.15) is 0 Å². The molecule has 0 aliphatic heterocycles. The number of aliphatic hydroxyl groups is 6. The van der Waals surface area contributed by atoms with E-state index in [0.717, 1.165) is 212 Å². The minimum absolute atomic E-state index is 0.0181. The number of rotatable bonds is 5. The number of hydrogen-bond donors (Lipinski definition) is 6. The lowest BCUT2D eigenvalue weighted by Crippen LogP contribution is -2.71. The molecule has 20 aliphatic carbocycles. The Balaban J connectivity index is 0.000000125. The molecule has 20 rings (SSSR count). The van der Waals surface area contributed by atoms with Crippen LogP contribution in [0.3, 0.4) is 0 Å². The number of carbonyl (C=O) groups excluding carboxylic acids is 7. The largest absolute Gasteiger partial charge is 0.515 e. The van der Waals surface area contributed by atoms with E-state index < -0.39 is 28.3 Å². The van der Waals surface area contributed by atoms with Gasteiger partial charge >= 0.3 is 0 Å². The van der Waals surface area contributed by atoms with Crippen molar-refractivity contribution in [1.29, 1.82) is 0 Å². The van der Waals surface area contributed by atoms with Crippen LogP contribution >= 0.6 is 0 Å². The predicted octanol–water partition coefficient (Wildman–Crippen LogP) is 25.3. The van der Waals surface area contributed by atoms with Crippen molar-refractivity contribution in [1.82, 2.24) is 0 Å². The van der Waals surface area contributed by atoms with Crippen molar-refractivity contribution in [2.24, 2.45) is 208 Å². The van der Waals surface area contributed by atoms with Crippen LogP contribution in [0.25, 0.3) is 0 Å². The Labute approximate surface area is 816 Å². The minimum atomic E-state index is -0.703. The van der Waals surface area contributed by atoms with Crippen LogP contribution in [0.2, 0.25) is 0 Å². The summed E-state index contributed by atoms with van der Waals surface area (Å²) in [6.07, 6.45) is 40.4. The van der Waals surface area contributed by atoms with Gasteiger partial charge in [0.05, 0.1) is 36.3 Å². The standard InChI is InChI=1S/C30H50O4.2C30H46O4.C30H48O3/c2*1-25(2)12-14-30(34-18-31)15-13-29(7)24(19(30)17-25)20(32)16-22-27(5)10-9-23(33)26(3,4)21(27)8-11-28(22,29)6;1-25(2)10-12-30(34)13-11-29(7)23(19(30)16-25)20(32)14-22-27(5)15-18(17-31)24(33)26(3,4)21(27)8-9-28(22,29)6;1-25(2)12-14-30(18-31)15-13-29(7)24(19(30)17-25)20(32)16-22-27(5)10-9-23(33)26(3,4)21(27)8-11-28(22,29)6/h18-24,32-33H,8-17H2,1-7H3;18-19,21-22,24H,8-17H2,1-7H3;17,19,21-23,31,34H,8-16H2,1-7H3;9-10,18-24,32-33H,8,11-17H2,1-7H3/b;;18-17+;/t19-,20+,21-,22+,23-,24-,27-,28+,29+,30-;19-,21-,22+,24-,27-,28+,29+,30-;19-,21-,22+,23-,27-,28+,29+,30-;19-,20+,21-,22+,23-,24-,27-,28+,29+,30+/m0000/s1. The zero-order valence-electron chi connectivity index (χ0n) is 90.0. The molecule has 0 saturated heterocycles. The lowest BCUT2D eigenvalue weighted by Gasteiger charge is -2.74. The second-order valence-corrected chi connectivity index (χ2v) is 60.7. The highest BCUT2D eigenvalue weighted by Crippen LogP contribution is 2.83. The van der Waals surface area contributed by atoms with Gasteiger partial charge in [-0.3, -0.25) is 28.8 Å². The third-order valence-corrected chi connectivity index (χ3v) is 52.1. The van der Waals surface area contributed by atoms with E-state index in [0.29, 0.717) is 97.1 Å². The molecule has 19 fully saturated rings. The zero-order chi connectivity index (χ0) is 99.3. The van der Waals surface area contributed by atoms with Crippen molar-refractivity contribution in [2.75, 3.05) is 0 Å². The Morgan fingerprint density at radius 2 is 0.763 bits per heavy atom. The minimum Gasteiger partial charge on any atom is -0.515 e. The lowest BCUT2D eigenvalue weighted by molar-refractivity contribution is -0.288. The first-order chi connectivity index (χ1) is 62.1. The van der Waals surface area contributed by atoms with Crippen molar-refractivity contribution in [3.05, 3.63) is 24.0 Å². The third-order valence-electron chi connectivity index (χ3n) is 52.1. The van der Waals surface area contributed by atoms with E-state index in [4.69, 9.17) is 9.47 Å². The molecule has 0 amide bonds. The first kappa shape index (κ1) is 103. The molecule has 0 aromatic rings. The van der Waals surface area contributed by atoms with Crippen LogP contribution in [0.4, 0.5) is 0 Å². The number of ether oxygens (including phenoxy) is 2. The molecule has 15 nitrogen and oxygen atoms in total. The number of hydrogen-bond acceptors (Lipinski definition) is 15. The molecular formula is C120H190O15. The van der Waals surface area contributed by atoms with Crippen LogP contribution in [0.1, 0.15) is 431 Å². The molecule has 0 bridgehead atoms. The number of carbonyl (C=O) groups is 7. The molecule has 20 aliphatic rings. The van der Waals surface area contributed by atoms with Gasteiger partial charge in [-0.15, -0.1) is 0 Å². The first-order valence-electron chi connectivity index (χ1n) is 55.4. The summed E-state index contributed by atoms with van der Waals surface area (Å²) in [5, 5.41) is 67.4. The average Bonchev–Trinajstić information content (AvgIpc) is 0.682. The van der Waals surface area contributed by atoms with Crippen molar-refractivity contribution in [3.8, 4) is 0 Å². The highest BCUT2D eigenvalue weighted by molar-refractivity contribution is 6.00. The van der Waals surface area contributed by atoms with Gasteiger partial charge in [0.2, 0.25) is 0 Å². The predicted molar refractivity (Wildman–Crippen MR) is 531 cm³/mol. The molecule has 0 aromatic heterocycles. The van der Waals surface area contributed by atoms with Crippen molar-refractivity contribution in [3.63, 3.8) is 0 Å². The fourth-order valence-electron chi connectivity index (χ4n) is 43.4. The van der Waals surface area contributed by atoms with Crippen LogP contribution in [-0.4, -0.2) is 114 Å². The second-order valence-electron chi connectivity index (χ2n) is 60.7. The number of aliphatic hydroxyl groups excluding tert-OH is 5. The van der Waals surface area contributed by atoms with Gasteiger partial charge in [-0.25, -0.2) is 0 Å². The van der Waals surface area contributed by atoms with E-state index in [2.05, 4.69) is 186 Å². The lowest BCUT2D eigenvalue weighted by atomic mass is 9.31. The zero-order valence-corrected chi connectivity index (χ0v) is 90.0. The molecule has 0 unspecified atom stereocenters. The Kier molecular flexibility index (Phi) is 24.5. The molecule has 0 heterocycles. The van der Waals surface area contributed by atoms with Crippen molar-refractivity contribution < 1.29 is 73.7 Å². The monoisotopic (exact) mass is 1870 g/mol. The summed E-state index contributed by atoms with van der Waals surface area (Å²) in [7, 11) is 0. The molecule has 15 heteroatoms. The fourth-order valence-corrected chi connectivity index (χ4v) is 43.4. The number of allylic oxidation sites excluding steroid dienone is 2. The highest BCUT2D eigenvalue weighted by atomic mass is 16.5. The van der Waals surface area contributed by atoms with E-state index >= 15 is 0 Å². The van der Waals surface area contributed by atoms with Crippen LogP contribution < -0.4 is 0 Å². The first-order valence-corrected chi connectivity index (χ1v) is 55.4. The fraction of sp³-hybridized carbons (Fsp3) is 0.908. The molecule has 0 spiro atoms. The van der Waals surface area contributed by atoms with E-state index in [-0.39, 0.29) is 192 Å². The quantitative estimate of drug-likeness (QED) is 0.0647. The molecule has 6 N–H and O–H groups in total. The average molecular weight is 1870 g/mol. The smallest absolute Gasteiger partial charge is 0.293 e. The van der Waals surface area contributed by atoms with Gasteiger partial charge < -0.3 is 44.9 Å². The third kappa shape index (κ3) is 14.2. The van der Waals surface area contributed by atoms with Gasteiger partial charge in [0.1, 0.15) is 34.8 Å². The molecule has 0 aromatic carbocycles. The van der Waals surface area contributed by atoms with E-state index in [1.165, 1.54) is 12.7 Å². The maximum Gasteiger partial charge on any atom is 0.293 e. The molecule has 36 atom stereocenters. The second kappa shape index (κ2) is 32.2. The maximum atomic E-state index is 14.3. The molecule has 19 saturated carbocycles. The molecular weight excluding hydrogens is 1680 g/mol. The Hall–Kier alpha value is -3.63. The molecule has 0 radical (unpaired) electrons. The maximum absolute atomic E-state index is 14.3. The van der Waals surface area contributed by atoms with E-state index in [1.54, 1.807) is 0 Å². The Bertz CT molecular complexity index is 4730. The van der Waals surface area contributed by atoms with Gasteiger partial charge in [0, 0.05) is 64.8 Å². The summed E-state index contributed by atoms with van der Waals surface area (Å²) in [6.45, 7) is 66.8. The number of Topliss-reactive ketones (excluding diaryl/α,β-unsaturated/α-hetero) is 4. The van der Waals surface area contributed by atoms with Crippen LogP contribution in [0.15, 0.2) is 24.0 Å². The SMILES string of the molecule is CC1(C)CC[C@]2(C=O)CC[C@]3(C)[C@H]([C@H](O)C[C@@H]4[C@@]5(C)C=C[C@H](O)C(C)(C)[C@@H]5CC[C@]43C)[C@@H]2C1.CC1(C)CC[C@]2(O)CC[C@]3(C)[C@H](C(=O)C[C@@H]4[C@@]5(C)C/C(=C\O)C(=O)C(C)(C)[C@@H]5CC[C@]43C)[C@@H]2C1.CC1(C)CC[C@]2(OC=O)CC[C@]3(C)[C@H](C(=O)C[C@@H]4[C@@]5(C)CCC(=O)C(C)(C)[C@@H]5CC[C@]43C)[C@@H]2C1.CC1(C)CC[C@]2(OC=O)CC[C@]3(C)[C@H]([C@H](O)C[C@@H]4[C@@]5(C)CC[C@H](O)C(C)(C)[C@@H]5CC[C@]43C)[C@@H]2C1. The van der Waals surface area contributed by atoms with Gasteiger partial charge in [0.25, 0.3) is 12.9 Å². The summed E-state index contributed by atoms with van der Waals surface area (Å²) < 4.78 is 12.0. The summed E-state index contributed by atoms with van der Waals surface area (Å²) in [6, 6.07) is 0. The molecule has 135 heavy (non-hydrogen) atoms.